The fraction of sp³-hybridized carbons (Fsp3) is 0.290. The molecule has 4 aromatic rings. The maximum absolute atomic E-state index is 6.83. The van der Waals surface area contributed by atoms with Gasteiger partial charge in [0.25, 0.3) is 0 Å². The molecule has 198 valence electrons. The van der Waals surface area contributed by atoms with E-state index in [4.69, 9.17) is 18.0 Å². The van der Waals surface area contributed by atoms with Crippen molar-refractivity contribution in [2.45, 2.75) is 45.7 Å². The molecule has 0 saturated heterocycles. The average molecular weight is 538 g/mol. The standard InChI is InChI=1S/C31H32ClN7/c1-5-19-15-34-29-24(28(19)35-18-31(2,3)4)13-21(14-26(29)32)36-30(27-17-39(38-37-27)22-9-10-22)23-8-6-7-20-11-12-33-16-25(20)23/h1,6-8,11-17,22,30,36-38H,9-10,18H2,2-4H3,(H,34,35)/t30-/m0/s1. The molecule has 1 aliphatic heterocycles. The van der Waals surface area contributed by atoms with Gasteiger partial charge in [0.15, 0.2) is 0 Å². The summed E-state index contributed by atoms with van der Waals surface area (Å²) in [6.45, 7) is 7.30. The highest BCUT2D eigenvalue weighted by Gasteiger charge is 2.32. The van der Waals surface area contributed by atoms with E-state index >= 15 is 0 Å². The fourth-order valence-electron chi connectivity index (χ4n) is 4.91. The van der Waals surface area contributed by atoms with Gasteiger partial charge in [-0.25, -0.2) is 0 Å². The Kier molecular flexibility index (Phi) is 6.46. The zero-order valence-corrected chi connectivity index (χ0v) is 23.1. The molecule has 0 unspecified atom stereocenters. The number of hydrogen-bond donors (Lipinski definition) is 4. The molecule has 2 aromatic carbocycles. The number of pyridine rings is 2. The summed E-state index contributed by atoms with van der Waals surface area (Å²) in [4.78, 5) is 9.02. The lowest BCUT2D eigenvalue weighted by Crippen LogP contribution is -2.38. The van der Waals surface area contributed by atoms with E-state index < -0.39 is 0 Å². The molecule has 0 radical (unpaired) electrons. The number of rotatable bonds is 7. The van der Waals surface area contributed by atoms with Gasteiger partial charge in [-0.2, -0.15) is 0 Å². The van der Waals surface area contributed by atoms with Crippen molar-refractivity contribution >= 4 is 44.7 Å². The van der Waals surface area contributed by atoms with Gasteiger partial charge in [-0.3, -0.25) is 15.0 Å². The molecule has 1 aliphatic carbocycles. The third-order valence-corrected chi connectivity index (χ3v) is 7.36. The SMILES string of the molecule is C#Cc1cnc2c(Cl)cc(N[C@H](C3=CN(C4CC4)NN3)c3cccc4ccncc34)cc2c1NCC(C)(C)C. The number of benzene rings is 2. The van der Waals surface area contributed by atoms with Gasteiger partial charge in [-0.1, -0.05) is 56.5 Å². The Morgan fingerprint density at radius 3 is 2.79 bits per heavy atom. The highest BCUT2D eigenvalue weighted by atomic mass is 35.5. The van der Waals surface area contributed by atoms with Gasteiger partial charge in [0.05, 0.1) is 33.5 Å². The number of hydrazine groups is 2. The number of fused-ring (bicyclic) bond motifs is 2. The van der Waals surface area contributed by atoms with E-state index in [0.29, 0.717) is 22.1 Å². The third kappa shape index (κ3) is 5.18. The maximum Gasteiger partial charge on any atom is 0.0950 e. The van der Waals surface area contributed by atoms with Crippen LogP contribution >= 0.6 is 11.6 Å². The monoisotopic (exact) mass is 537 g/mol. The molecule has 7 nitrogen and oxygen atoms in total. The first kappa shape index (κ1) is 25.3. The molecule has 0 spiro atoms. The number of anilines is 2. The second-order valence-electron chi connectivity index (χ2n) is 11.4. The first-order valence-electron chi connectivity index (χ1n) is 13.2. The minimum absolute atomic E-state index is 0.0651. The second-order valence-corrected chi connectivity index (χ2v) is 11.8. The van der Waals surface area contributed by atoms with Gasteiger partial charge in [-0.15, -0.1) is 12.0 Å². The Morgan fingerprint density at radius 1 is 1.18 bits per heavy atom. The van der Waals surface area contributed by atoms with Crippen LogP contribution in [0.4, 0.5) is 11.4 Å². The van der Waals surface area contributed by atoms with Crippen molar-refractivity contribution in [2.24, 2.45) is 5.41 Å². The normalized spacial score (nSPS) is 16.1. The molecule has 2 aromatic heterocycles. The number of hydrogen-bond acceptors (Lipinski definition) is 7. The Balaban J connectivity index is 1.46. The highest BCUT2D eigenvalue weighted by Crippen LogP contribution is 2.38. The van der Waals surface area contributed by atoms with Crippen LogP contribution in [0.5, 0.6) is 0 Å². The topological polar surface area (TPSA) is 77.1 Å². The second kappa shape index (κ2) is 9.96. The van der Waals surface area contributed by atoms with Crippen molar-refractivity contribution in [3.8, 4) is 12.3 Å². The minimum atomic E-state index is -0.197. The predicted molar refractivity (Wildman–Crippen MR) is 160 cm³/mol. The number of halogens is 1. The molecule has 1 atom stereocenters. The van der Waals surface area contributed by atoms with Crippen molar-refractivity contribution in [1.29, 1.82) is 0 Å². The molecule has 8 heteroatoms. The zero-order valence-electron chi connectivity index (χ0n) is 22.3. The van der Waals surface area contributed by atoms with Crippen LogP contribution in [0.2, 0.25) is 5.02 Å². The summed E-state index contributed by atoms with van der Waals surface area (Å²) < 4.78 is 0. The summed E-state index contributed by atoms with van der Waals surface area (Å²) in [5.41, 5.74) is 12.1. The summed E-state index contributed by atoms with van der Waals surface area (Å²) in [5.74, 6) is 2.79. The van der Waals surface area contributed by atoms with Crippen LogP contribution in [-0.4, -0.2) is 27.6 Å². The van der Waals surface area contributed by atoms with Crippen LogP contribution in [0.25, 0.3) is 21.7 Å². The summed E-state index contributed by atoms with van der Waals surface area (Å²) in [5, 5.41) is 13.1. The van der Waals surface area contributed by atoms with E-state index in [-0.39, 0.29) is 11.5 Å². The van der Waals surface area contributed by atoms with E-state index in [1.54, 1.807) is 6.20 Å². The smallest absolute Gasteiger partial charge is 0.0950 e. The molecular weight excluding hydrogens is 506 g/mol. The Hall–Kier alpha value is -3.99. The van der Waals surface area contributed by atoms with Crippen molar-refractivity contribution in [2.75, 3.05) is 17.2 Å². The molecule has 1 fully saturated rings. The molecule has 1 saturated carbocycles. The van der Waals surface area contributed by atoms with Crippen LogP contribution in [0.15, 0.2) is 66.9 Å². The molecular formula is C31H32ClN7. The Labute approximate surface area is 234 Å². The minimum Gasteiger partial charge on any atom is -0.383 e. The third-order valence-electron chi connectivity index (χ3n) is 7.07. The van der Waals surface area contributed by atoms with Gasteiger partial charge in [0, 0.05) is 53.8 Å². The van der Waals surface area contributed by atoms with Crippen molar-refractivity contribution in [3.63, 3.8) is 0 Å². The van der Waals surface area contributed by atoms with Crippen LogP contribution < -0.4 is 21.6 Å². The summed E-state index contributed by atoms with van der Waals surface area (Å²) in [6, 6.07) is 12.7. The number of aromatic nitrogens is 2. The van der Waals surface area contributed by atoms with Crippen molar-refractivity contribution < 1.29 is 0 Å². The first-order valence-corrected chi connectivity index (χ1v) is 13.6. The van der Waals surface area contributed by atoms with Gasteiger partial charge in [0.2, 0.25) is 0 Å². The molecule has 6 rings (SSSR count). The lowest BCUT2D eigenvalue weighted by atomic mass is 9.96. The zero-order chi connectivity index (χ0) is 27.1. The molecule has 3 heterocycles. The van der Waals surface area contributed by atoms with E-state index in [9.17, 15) is 0 Å². The number of nitrogens with zero attached hydrogens (tertiary/aromatic N) is 3. The van der Waals surface area contributed by atoms with Gasteiger partial charge >= 0.3 is 0 Å². The largest absolute Gasteiger partial charge is 0.383 e. The predicted octanol–water partition coefficient (Wildman–Crippen LogP) is 6.36. The quantitative estimate of drug-likeness (QED) is 0.204. The summed E-state index contributed by atoms with van der Waals surface area (Å²) in [7, 11) is 0. The maximum atomic E-state index is 6.83. The van der Waals surface area contributed by atoms with Crippen LogP contribution in [0.3, 0.4) is 0 Å². The van der Waals surface area contributed by atoms with Crippen LogP contribution in [0, 0.1) is 17.8 Å². The molecule has 39 heavy (non-hydrogen) atoms. The van der Waals surface area contributed by atoms with Crippen molar-refractivity contribution in [3.05, 3.63) is 83.0 Å². The lowest BCUT2D eigenvalue weighted by Gasteiger charge is -2.24. The number of nitrogens with one attached hydrogen (secondary N) is 4. The van der Waals surface area contributed by atoms with Gasteiger partial charge < -0.3 is 16.1 Å². The van der Waals surface area contributed by atoms with Gasteiger partial charge in [-0.05, 0) is 47.4 Å². The first-order chi connectivity index (χ1) is 18.8. The molecule has 0 amide bonds. The van der Waals surface area contributed by atoms with Crippen LogP contribution in [-0.2, 0) is 0 Å². The summed E-state index contributed by atoms with van der Waals surface area (Å²) in [6.07, 6.45) is 15.9. The Bertz CT molecular complexity index is 1620. The Morgan fingerprint density at radius 2 is 2.03 bits per heavy atom. The van der Waals surface area contributed by atoms with E-state index in [1.807, 2.05) is 24.5 Å². The molecule has 0 bridgehead atoms. The average Bonchev–Trinajstić information content (AvgIpc) is 3.66. The highest BCUT2D eigenvalue weighted by molar-refractivity contribution is 6.35. The van der Waals surface area contributed by atoms with Gasteiger partial charge in [0.1, 0.15) is 0 Å². The van der Waals surface area contributed by atoms with Crippen molar-refractivity contribution in [1.82, 2.24) is 25.9 Å². The van der Waals surface area contributed by atoms with Crippen LogP contribution in [0.1, 0.15) is 50.8 Å². The molecule has 2 aliphatic rings. The fourth-order valence-corrected chi connectivity index (χ4v) is 5.18. The lowest BCUT2D eigenvalue weighted by molar-refractivity contribution is 0.260. The van der Waals surface area contributed by atoms with E-state index in [1.165, 1.54) is 12.8 Å². The van der Waals surface area contributed by atoms with E-state index in [0.717, 1.165) is 45.3 Å². The number of terminal acetylenes is 1. The van der Waals surface area contributed by atoms with E-state index in [2.05, 4.69) is 93.7 Å². The summed E-state index contributed by atoms with van der Waals surface area (Å²) >= 11 is 6.83. The molecule has 4 N–H and O–H groups in total.